The van der Waals surface area contributed by atoms with E-state index >= 15 is 0 Å². The van der Waals surface area contributed by atoms with Crippen LogP contribution >= 0.6 is 0 Å². The molecular weight excluding hydrogens is 206 g/mol. The van der Waals surface area contributed by atoms with Gasteiger partial charge in [-0.2, -0.15) is 13.2 Å². The Hall–Kier alpha value is -0.500. The highest BCUT2D eigenvalue weighted by molar-refractivity contribution is 4.94. The van der Waals surface area contributed by atoms with Crippen molar-refractivity contribution in [2.24, 2.45) is 0 Å². The molecule has 2 nitrogen and oxygen atoms in total. The molecule has 0 heterocycles. The molecular formula is C5H6F6O2. The Morgan fingerprint density at radius 2 is 1.54 bits per heavy atom. The molecule has 0 aliphatic heterocycles. The Labute approximate surface area is 68.8 Å². The molecule has 0 rings (SSSR count). The van der Waals surface area contributed by atoms with Gasteiger partial charge < -0.3 is 10.2 Å². The summed E-state index contributed by atoms with van der Waals surface area (Å²) >= 11 is 0. The number of hydrogen-bond acceptors (Lipinski definition) is 2. The molecule has 0 amide bonds. The van der Waals surface area contributed by atoms with Crippen molar-refractivity contribution in [3.8, 4) is 0 Å². The van der Waals surface area contributed by atoms with Crippen LogP contribution in [0.25, 0.3) is 0 Å². The quantitative estimate of drug-likeness (QED) is 0.681. The second-order valence-electron chi connectivity index (χ2n) is 2.33. The second kappa shape index (κ2) is 3.70. The number of aliphatic hydroxyl groups excluding tert-OH is 1. The molecule has 0 aliphatic rings. The van der Waals surface area contributed by atoms with Crippen LogP contribution in [0.5, 0.6) is 0 Å². The topological polar surface area (TPSA) is 40.5 Å². The molecule has 0 aromatic rings. The first-order valence-corrected chi connectivity index (χ1v) is 2.98. The molecule has 0 radical (unpaired) electrons. The Bertz CT molecular complexity index is 169. The Morgan fingerprint density at radius 1 is 1.15 bits per heavy atom. The third-order valence-electron chi connectivity index (χ3n) is 1.39. The summed E-state index contributed by atoms with van der Waals surface area (Å²) in [6.45, 7) is -2.57. The maximum atomic E-state index is 12.2. The van der Waals surface area contributed by atoms with Crippen molar-refractivity contribution < 1.29 is 36.6 Å². The number of halogens is 6. The second-order valence-corrected chi connectivity index (χ2v) is 2.33. The van der Waals surface area contributed by atoms with Gasteiger partial charge in [0.15, 0.2) is 6.17 Å². The summed E-state index contributed by atoms with van der Waals surface area (Å²) in [6, 6.07) is 0. The van der Waals surface area contributed by atoms with Crippen LogP contribution in [0.1, 0.15) is 0 Å². The van der Waals surface area contributed by atoms with E-state index in [4.69, 9.17) is 10.2 Å². The van der Waals surface area contributed by atoms with E-state index in [0.29, 0.717) is 0 Å². The molecule has 0 spiro atoms. The van der Waals surface area contributed by atoms with E-state index in [-0.39, 0.29) is 0 Å². The molecule has 3 unspecified atom stereocenters. The molecule has 2 N–H and O–H groups in total. The van der Waals surface area contributed by atoms with Crippen LogP contribution in [0.3, 0.4) is 0 Å². The lowest BCUT2D eigenvalue weighted by Crippen LogP contribution is -2.57. The summed E-state index contributed by atoms with van der Waals surface area (Å²) in [5.41, 5.74) is -4.50. The van der Waals surface area contributed by atoms with Crippen molar-refractivity contribution in [2.75, 3.05) is 6.67 Å². The first kappa shape index (κ1) is 12.5. The van der Waals surface area contributed by atoms with E-state index in [1.165, 1.54) is 0 Å². The highest BCUT2D eigenvalue weighted by Crippen LogP contribution is 2.36. The van der Waals surface area contributed by atoms with Gasteiger partial charge in [0.1, 0.15) is 6.67 Å². The van der Waals surface area contributed by atoms with E-state index in [0.717, 1.165) is 0 Å². The SMILES string of the molecule is OC(F)C(F)C(O)(CF)C(F)(F)F. The number of aliphatic hydroxyl groups is 2. The average molecular weight is 212 g/mol. The fourth-order valence-corrected chi connectivity index (χ4v) is 0.533. The molecule has 0 fully saturated rings. The molecule has 0 aromatic heterocycles. The van der Waals surface area contributed by atoms with Crippen LogP contribution in [-0.4, -0.2) is 41.2 Å². The van der Waals surface area contributed by atoms with Crippen LogP contribution in [0, 0.1) is 0 Å². The van der Waals surface area contributed by atoms with Gasteiger partial charge in [-0.05, 0) is 0 Å². The van der Waals surface area contributed by atoms with Crippen molar-refractivity contribution in [3.63, 3.8) is 0 Å². The maximum Gasteiger partial charge on any atom is 0.422 e. The Balaban J connectivity index is 4.84. The van der Waals surface area contributed by atoms with Crippen molar-refractivity contribution in [1.82, 2.24) is 0 Å². The van der Waals surface area contributed by atoms with Crippen LogP contribution in [-0.2, 0) is 0 Å². The molecule has 8 heteroatoms. The number of rotatable bonds is 3. The van der Waals surface area contributed by atoms with E-state index in [1.807, 2.05) is 0 Å². The van der Waals surface area contributed by atoms with Gasteiger partial charge in [0.05, 0.1) is 0 Å². The molecule has 0 aliphatic carbocycles. The maximum absolute atomic E-state index is 12.2. The molecule has 0 saturated carbocycles. The van der Waals surface area contributed by atoms with E-state index in [9.17, 15) is 26.3 Å². The standard InChI is InChI=1S/C5H6F6O2/c6-1-4(13,5(9,10)11)2(7)3(8)12/h2-3,12-13H,1H2. The zero-order valence-electron chi connectivity index (χ0n) is 6.02. The minimum absolute atomic E-state index is 2.57. The highest BCUT2D eigenvalue weighted by atomic mass is 19.4. The van der Waals surface area contributed by atoms with Gasteiger partial charge in [-0.15, -0.1) is 0 Å². The Kier molecular flexibility index (Phi) is 3.56. The third-order valence-corrected chi connectivity index (χ3v) is 1.39. The van der Waals surface area contributed by atoms with Gasteiger partial charge in [-0.3, -0.25) is 0 Å². The molecule has 0 aromatic carbocycles. The monoisotopic (exact) mass is 212 g/mol. The molecule has 3 atom stereocenters. The number of alkyl halides is 6. The normalized spacial score (nSPS) is 22.2. The van der Waals surface area contributed by atoms with Crippen molar-refractivity contribution in [2.45, 2.75) is 24.3 Å². The van der Waals surface area contributed by atoms with Gasteiger partial charge in [-0.1, -0.05) is 0 Å². The van der Waals surface area contributed by atoms with Gasteiger partial charge in [0, 0.05) is 0 Å². The average Bonchev–Trinajstić information content (AvgIpc) is 1.99. The lowest BCUT2D eigenvalue weighted by molar-refractivity contribution is -0.301. The zero-order chi connectivity index (χ0) is 10.9. The van der Waals surface area contributed by atoms with Crippen molar-refractivity contribution >= 4 is 0 Å². The van der Waals surface area contributed by atoms with Gasteiger partial charge in [-0.25, -0.2) is 13.2 Å². The smallest absolute Gasteiger partial charge is 0.376 e. The summed E-state index contributed by atoms with van der Waals surface area (Å²) in [6.07, 6.45) is -13.0. The fourth-order valence-electron chi connectivity index (χ4n) is 0.533. The van der Waals surface area contributed by atoms with Crippen LogP contribution < -0.4 is 0 Å². The van der Waals surface area contributed by atoms with Crippen molar-refractivity contribution in [1.29, 1.82) is 0 Å². The van der Waals surface area contributed by atoms with Crippen LogP contribution in [0.2, 0.25) is 0 Å². The van der Waals surface area contributed by atoms with E-state index in [2.05, 4.69) is 0 Å². The van der Waals surface area contributed by atoms with Gasteiger partial charge >= 0.3 is 6.18 Å². The minimum atomic E-state index is -5.69. The van der Waals surface area contributed by atoms with Crippen LogP contribution in [0.4, 0.5) is 26.3 Å². The largest absolute Gasteiger partial charge is 0.422 e. The minimum Gasteiger partial charge on any atom is -0.376 e. The van der Waals surface area contributed by atoms with Gasteiger partial charge in [0.25, 0.3) is 0 Å². The molecule has 13 heavy (non-hydrogen) atoms. The summed E-state index contributed by atoms with van der Waals surface area (Å²) in [5, 5.41) is 16.1. The van der Waals surface area contributed by atoms with Crippen LogP contribution in [0.15, 0.2) is 0 Å². The third kappa shape index (κ3) is 2.25. The molecule has 80 valence electrons. The molecule has 0 saturated heterocycles. The summed E-state index contributed by atoms with van der Waals surface area (Å²) in [5.74, 6) is 0. The van der Waals surface area contributed by atoms with Crippen molar-refractivity contribution in [3.05, 3.63) is 0 Å². The first-order valence-electron chi connectivity index (χ1n) is 2.98. The van der Waals surface area contributed by atoms with E-state index < -0.39 is 31.0 Å². The predicted octanol–water partition coefficient (Wildman–Crippen LogP) is 0.875. The van der Waals surface area contributed by atoms with E-state index in [1.54, 1.807) is 0 Å². The summed E-state index contributed by atoms with van der Waals surface area (Å²) in [7, 11) is 0. The van der Waals surface area contributed by atoms with Gasteiger partial charge in [0.2, 0.25) is 12.0 Å². The lowest BCUT2D eigenvalue weighted by Gasteiger charge is -2.30. The fraction of sp³-hybridized carbons (Fsp3) is 1.00. The summed E-state index contributed by atoms with van der Waals surface area (Å²) in [4.78, 5) is 0. The first-order chi connectivity index (χ1) is 5.66. The zero-order valence-corrected chi connectivity index (χ0v) is 6.02. The highest BCUT2D eigenvalue weighted by Gasteiger charge is 2.62. The summed E-state index contributed by atoms with van der Waals surface area (Å²) < 4.78 is 70.7. The molecule has 0 bridgehead atoms. The predicted molar refractivity (Wildman–Crippen MR) is 29.0 cm³/mol. The number of hydrogen-bond donors (Lipinski definition) is 2. The Morgan fingerprint density at radius 3 is 1.62 bits per heavy atom. The lowest BCUT2D eigenvalue weighted by atomic mass is 9.99.